The van der Waals surface area contributed by atoms with Gasteiger partial charge in [0, 0.05) is 0 Å². The van der Waals surface area contributed by atoms with Gasteiger partial charge in [-0.05, 0) is 61.0 Å². The Morgan fingerprint density at radius 2 is 0.208 bits per heavy atom. The molecule has 0 aromatic carbocycles. The average molecular weight is 1260 g/mol. The van der Waals surface area contributed by atoms with Crippen molar-refractivity contribution in [2.45, 2.75) is 213 Å². The third-order valence-electron chi connectivity index (χ3n) is 15.5. The summed E-state index contributed by atoms with van der Waals surface area (Å²) in [4.78, 5) is 0. The fourth-order valence-corrected chi connectivity index (χ4v) is 70.2. The highest BCUT2D eigenvalue weighted by molar-refractivity contribution is 7.03. The van der Waals surface area contributed by atoms with E-state index in [4.69, 9.17) is 45.3 Å². The first kappa shape index (κ1) is 74.1. The van der Waals surface area contributed by atoms with Crippen molar-refractivity contribution in [2.75, 3.05) is 0 Å². The molecule has 1 rings (SSSR count). The van der Waals surface area contributed by atoms with E-state index >= 15 is 0 Å². The van der Waals surface area contributed by atoms with Crippen LogP contribution in [-0.2, 0) is 45.3 Å². The predicted molar refractivity (Wildman–Crippen MR) is 353 cm³/mol. The van der Waals surface area contributed by atoms with Gasteiger partial charge in [-0.15, -0.1) is 72.4 Å². The Labute approximate surface area is 484 Å². The van der Waals surface area contributed by atoms with E-state index in [0.29, 0.717) is 0 Å². The lowest BCUT2D eigenvalue weighted by molar-refractivity contribution is 0.220. The third kappa shape index (κ3) is 14.9. The van der Waals surface area contributed by atoms with E-state index in [1.807, 2.05) is 62.7 Å². The molecule has 0 aliphatic carbocycles. The summed E-state index contributed by atoms with van der Waals surface area (Å²) in [7, 11) is -41.2. The molecule has 1 aliphatic rings. The molecule has 1 fully saturated rings. The molecule has 1 heterocycles. The predicted octanol–water partition coefficient (Wildman–Crippen LogP) is 17.5. The van der Waals surface area contributed by atoms with E-state index in [-0.39, 0.29) is 61.0 Å². The Bertz CT molecular complexity index is 1550. The highest BCUT2D eigenvalue weighted by atomic mass is 28.5. The van der Waals surface area contributed by atoms with Gasteiger partial charge in [-0.25, -0.2) is 0 Å². The topological polar surface area (TPSA) is 102 Å². The molecule has 0 amide bonds. The van der Waals surface area contributed by atoms with Gasteiger partial charge in [-0.1, -0.05) is 215 Å². The van der Waals surface area contributed by atoms with Crippen LogP contribution in [0.5, 0.6) is 0 Å². The molecule has 440 valence electrons. The van der Waals surface area contributed by atoms with Gasteiger partial charge in [0.1, 0.15) is 0 Å². The maximum atomic E-state index is 7.88. The van der Waals surface area contributed by atoms with Gasteiger partial charge in [0.2, 0.25) is 0 Å². The first-order valence-electron chi connectivity index (χ1n) is 28.0. The van der Waals surface area contributed by atoms with Gasteiger partial charge in [0.15, 0.2) is 0 Å². The fraction of sp³-hybridized carbons (Fsp3) is 0.600. The summed E-state index contributed by atoms with van der Waals surface area (Å²) in [5.41, 5.74) is 18.2. The second kappa shape index (κ2) is 28.6. The molecule has 0 bridgehead atoms. The zero-order valence-electron chi connectivity index (χ0n) is 52.5. The largest absolute Gasteiger partial charge is 0.409 e. The molecule has 0 N–H and O–H groups in total. The molecule has 0 aromatic heterocycles. The van der Waals surface area contributed by atoms with Gasteiger partial charge in [-0.2, -0.15) is 0 Å². The van der Waals surface area contributed by atoms with E-state index in [1.165, 1.54) is 0 Å². The Morgan fingerprint density at radius 1 is 0.156 bits per heavy atom. The van der Waals surface area contributed by atoms with Crippen LogP contribution >= 0.6 is 0 Å². The van der Waals surface area contributed by atoms with Crippen molar-refractivity contribution in [1.82, 2.24) is 0 Å². The van der Waals surface area contributed by atoms with Crippen molar-refractivity contribution >= 4 is 94.2 Å². The highest BCUT2D eigenvalue weighted by Crippen LogP contribution is 2.50. The maximum Gasteiger partial charge on any atom is 0.349 e. The lowest BCUT2D eigenvalue weighted by Gasteiger charge is -2.54. The molecule has 77 heavy (non-hydrogen) atoms. The second-order valence-electron chi connectivity index (χ2n) is 24.0. The molecule has 0 aromatic rings. The molecule has 22 heteroatoms. The van der Waals surface area contributed by atoms with Crippen molar-refractivity contribution in [1.29, 1.82) is 0 Å². The van der Waals surface area contributed by atoms with Crippen LogP contribution in [0.4, 0.5) is 0 Å². The Morgan fingerprint density at radius 3 is 0.234 bits per heavy atom. The van der Waals surface area contributed by atoms with Crippen molar-refractivity contribution in [3.63, 3.8) is 0 Å². The standard InChI is InChI=1S/C55H110O11Si11/c1-34-67(45(12)13)56-68(35-2,46(14)15)58-70(37-4,48(18)19)60-72(39-6,50(22)23)62-74(41-8,52(26)27)64-76(43-10,54(30)31)66-77(44-11,55(32)33)65-75(42-9,53(28)29)63-73(40-7,51(24)25)61-71(38-5,49(20)21)59-69(36-3,57-67)47(16)17/h34-55H,1-11H2,12-33H3. The first-order valence-corrected chi connectivity index (χ1v) is 49.7. The molecular weight excluding hydrogens is 1150 g/mol. The van der Waals surface area contributed by atoms with Crippen LogP contribution < -0.4 is 0 Å². The molecule has 0 atom stereocenters. The summed E-state index contributed by atoms with van der Waals surface area (Å²) in [6.45, 7) is 96.1. The van der Waals surface area contributed by atoms with E-state index in [9.17, 15) is 0 Å². The molecule has 11 nitrogen and oxygen atoms in total. The zero-order valence-corrected chi connectivity index (χ0v) is 63.5. The van der Waals surface area contributed by atoms with Crippen LogP contribution in [0.15, 0.2) is 135 Å². The molecule has 1 aliphatic heterocycles. The molecule has 0 saturated carbocycles. The summed E-state index contributed by atoms with van der Waals surface area (Å²) < 4.78 is 86.7. The van der Waals surface area contributed by atoms with Crippen LogP contribution in [-0.4, -0.2) is 94.2 Å². The van der Waals surface area contributed by atoms with E-state index in [0.717, 1.165) is 0 Å². The average Bonchev–Trinajstić information content (AvgIpc) is 3.36. The Kier molecular flexibility index (Phi) is 27.5. The van der Waals surface area contributed by atoms with Gasteiger partial charge in [0.05, 0.1) is 0 Å². The number of rotatable bonds is 22. The molecule has 0 unspecified atom stereocenters. The van der Waals surface area contributed by atoms with Crippen LogP contribution in [0.3, 0.4) is 0 Å². The van der Waals surface area contributed by atoms with Crippen molar-refractivity contribution < 1.29 is 45.3 Å². The number of hydrogen-bond donors (Lipinski definition) is 0. The van der Waals surface area contributed by atoms with Crippen LogP contribution in [0, 0.1) is 0 Å². The molecule has 1 saturated heterocycles. The van der Waals surface area contributed by atoms with Crippen molar-refractivity contribution in [3.05, 3.63) is 135 Å². The lowest BCUT2D eigenvalue weighted by atomic mass is 10.6. The summed E-state index contributed by atoms with van der Waals surface area (Å²) in [5.74, 6) is 0. The third-order valence-corrected chi connectivity index (χ3v) is 67.5. The first-order chi connectivity index (χ1) is 35.3. The smallest absolute Gasteiger partial charge is 0.349 e. The van der Waals surface area contributed by atoms with Gasteiger partial charge in [-0.3, -0.25) is 0 Å². The normalized spacial score (nSPS) is 37.0. The highest BCUT2D eigenvalue weighted by Gasteiger charge is 2.66. The summed E-state index contributed by atoms with van der Waals surface area (Å²) in [6, 6.07) is 0. The van der Waals surface area contributed by atoms with Crippen LogP contribution in [0.25, 0.3) is 0 Å². The monoisotopic (exact) mass is 1250 g/mol. The summed E-state index contributed by atoms with van der Waals surface area (Å²) in [5, 5.41) is 0. The van der Waals surface area contributed by atoms with Gasteiger partial charge >= 0.3 is 94.2 Å². The second-order valence-corrected chi connectivity index (χ2v) is 66.1. The van der Waals surface area contributed by atoms with Gasteiger partial charge < -0.3 is 45.3 Å². The molecule has 0 spiro atoms. The Hall–Kier alpha value is -0.914. The van der Waals surface area contributed by atoms with Crippen LogP contribution in [0.1, 0.15) is 152 Å². The van der Waals surface area contributed by atoms with E-state index < -0.39 is 94.2 Å². The van der Waals surface area contributed by atoms with Crippen molar-refractivity contribution in [3.8, 4) is 0 Å². The SMILES string of the molecule is C=C[Si]1(C(C)C)O[Si](C=C)(C(C)C)O[Si](C=C)(C(C)C)O[Si](C=C)(C(C)C)O[Si](C=C)(C(C)C)O[Si](C=C)(C(C)C)O[Si](C=C)(C(C)C)O[Si](C=C)(C(C)C)O[Si](C=C)(C(C)C)O[Si](C=C)(C(C)C)O[Si](C=C)(C(C)C)O1. The quantitative estimate of drug-likeness (QED) is 0.0969. The number of hydrogen-bond acceptors (Lipinski definition) is 11. The minimum atomic E-state index is -3.74. The van der Waals surface area contributed by atoms with Gasteiger partial charge in [0.25, 0.3) is 0 Å². The summed E-state index contributed by atoms with van der Waals surface area (Å²) >= 11 is 0. The minimum absolute atomic E-state index is 0.216. The minimum Gasteiger partial charge on any atom is -0.409 e. The fourth-order valence-electron chi connectivity index (χ4n) is 9.07. The maximum absolute atomic E-state index is 7.88. The van der Waals surface area contributed by atoms with Crippen molar-refractivity contribution in [2.24, 2.45) is 0 Å². The lowest BCUT2D eigenvalue weighted by Crippen LogP contribution is -2.71. The summed E-state index contributed by atoms with van der Waals surface area (Å²) in [6.07, 6.45) is 0. The molecular formula is C55H110O11Si11. The van der Waals surface area contributed by atoms with E-state index in [1.54, 1.807) is 0 Å². The Balaban J connectivity index is 5.35. The van der Waals surface area contributed by atoms with E-state index in [2.05, 4.69) is 225 Å². The zero-order chi connectivity index (χ0) is 60.4. The van der Waals surface area contributed by atoms with Crippen LogP contribution in [0.2, 0.25) is 61.0 Å². The molecule has 0 radical (unpaired) electrons.